The summed E-state index contributed by atoms with van der Waals surface area (Å²) in [7, 11) is 1.79. The molecule has 0 aliphatic carbocycles. The molecule has 3 N–H and O–H groups in total. The van der Waals surface area contributed by atoms with Crippen molar-refractivity contribution in [3.05, 3.63) is 47.5 Å². The molecule has 1 aromatic heterocycles. The first-order valence-electron chi connectivity index (χ1n) is 6.35. The number of hydrogen-bond donors (Lipinski definition) is 2. The molecule has 0 radical (unpaired) electrons. The molecule has 1 aromatic carbocycles. The van der Waals surface area contributed by atoms with E-state index in [0.717, 1.165) is 11.3 Å². The van der Waals surface area contributed by atoms with Gasteiger partial charge in [-0.2, -0.15) is 5.10 Å². The van der Waals surface area contributed by atoms with Crippen LogP contribution in [0.2, 0.25) is 0 Å². The summed E-state index contributed by atoms with van der Waals surface area (Å²) in [6, 6.07) is 5.08. The van der Waals surface area contributed by atoms with Gasteiger partial charge in [-0.25, -0.2) is 4.39 Å². The molecule has 106 valence electrons. The van der Waals surface area contributed by atoms with E-state index in [4.69, 9.17) is 5.73 Å². The van der Waals surface area contributed by atoms with E-state index in [1.165, 1.54) is 12.1 Å². The van der Waals surface area contributed by atoms with Gasteiger partial charge in [0.15, 0.2) is 0 Å². The van der Waals surface area contributed by atoms with Crippen LogP contribution in [0.5, 0.6) is 0 Å². The fourth-order valence-electron chi connectivity index (χ4n) is 2.08. The third kappa shape index (κ3) is 2.96. The molecule has 0 aliphatic rings. The van der Waals surface area contributed by atoms with Crippen molar-refractivity contribution in [3.8, 4) is 0 Å². The van der Waals surface area contributed by atoms with E-state index in [9.17, 15) is 9.18 Å². The van der Waals surface area contributed by atoms with Crippen molar-refractivity contribution in [1.29, 1.82) is 0 Å². The Morgan fingerprint density at radius 1 is 1.45 bits per heavy atom. The second-order valence-electron chi connectivity index (χ2n) is 4.54. The van der Waals surface area contributed by atoms with Gasteiger partial charge in [-0.05, 0) is 30.7 Å². The van der Waals surface area contributed by atoms with Crippen LogP contribution in [-0.2, 0) is 18.3 Å². The quantitative estimate of drug-likeness (QED) is 0.874. The van der Waals surface area contributed by atoms with Crippen molar-refractivity contribution >= 4 is 11.6 Å². The Labute approximate surface area is 116 Å². The number of nitrogens with zero attached hydrogens (tertiary/aromatic N) is 2. The first-order chi connectivity index (χ1) is 9.51. The molecular weight excluding hydrogens is 259 g/mol. The second-order valence-corrected chi connectivity index (χ2v) is 4.54. The molecule has 0 aliphatic heterocycles. The molecule has 0 saturated carbocycles. The van der Waals surface area contributed by atoms with E-state index in [1.807, 2.05) is 6.92 Å². The molecule has 0 bridgehead atoms. The number of benzene rings is 1. The average Bonchev–Trinajstić information content (AvgIpc) is 2.78. The molecule has 1 heterocycles. The van der Waals surface area contributed by atoms with Crippen molar-refractivity contribution in [2.75, 3.05) is 5.32 Å². The predicted molar refractivity (Wildman–Crippen MR) is 74.5 cm³/mol. The first-order valence-corrected chi connectivity index (χ1v) is 6.35. The van der Waals surface area contributed by atoms with Gasteiger partial charge in [0.1, 0.15) is 11.9 Å². The van der Waals surface area contributed by atoms with Gasteiger partial charge in [-0.1, -0.05) is 6.92 Å². The van der Waals surface area contributed by atoms with Crippen LogP contribution in [0.25, 0.3) is 0 Å². The highest BCUT2D eigenvalue weighted by Gasteiger charge is 2.22. The molecule has 2 rings (SSSR count). The summed E-state index contributed by atoms with van der Waals surface area (Å²) in [5, 5.41) is 7.31. The van der Waals surface area contributed by atoms with Crippen LogP contribution in [0.4, 0.5) is 10.1 Å². The molecule has 0 fully saturated rings. The maximum Gasteiger partial charge on any atom is 0.244 e. The fraction of sp³-hybridized carbons (Fsp3) is 0.286. The third-order valence-electron chi connectivity index (χ3n) is 3.02. The number of nitrogens with two attached hydrogens (primary N) is 1. The Bertz CT molecular complexity index is 606. The van der Waals surface area contributed by atoms with Crippen molar-refractivity contribution in [3.63, 3.8) is 0 Å². The van der Waals surface area contributed by atoms with E-state index in [2.05, 4.69) is 10.4 Å². The monoisotopic (exact) mass is 276 g/mol. The van der Waals surface area contributed by atoms with Crippen LogP contribution >= 0.6 is 0 Å². The van der Waals surface area contributed by atoms with Gasteiger partial charge in [0.2, 0.25) is 5.91 Å². The lowest BCUT2D eigenvalue weighted by atomic mass is 10.1. The number of primary amides is 1. The normalized spacial score (nSPS) is 12.2. The number of aromatic nitrogens is 2. The number of aryl methyl sites for hydroxylation is 2. The highest BCUT2D eigenvalue weighted by Crippen LogP contribution is 2.22. The summed E-state index contributed by atoms with van der Waals surface area (Å²) in [6.07, 6.45) is 2.47. The summed E-state index contributed by atoms with van der Waals surface area (Å²) in [5.41, 5.74) is 7.65. The minimum Gasteiger partial charge on any atom is -0.370 e. The Kier molecular flexibility index (Phi) is 4.02. The summed E-state index contributed by atoms with van der Waals surface area (Å²) < 4.78 is 14.5. The van der Waals surface area contributed by atoms with Gasteiger partial charge in [-0.15, -0.1) is 0 Å². The van der Waals surface area contributed by atoms with Crippen LogP contribution in [0.3, 0.4) is 0 Å². The van der Waals surface area contributed by atoms with Crippen LogP contribution in [0.15, 0.2) is 30.5 Å². The van der Waals surface area contributed by atoms with Gasteiger partial charge in [0.25, 0.3) is 0 Å². The molecule has 20 heavy (non-hydrogen) atoms. The minimum atomic E-state index is -0.691. The van der Waals surface area contributed by atoms with Gasteiger partial charge >= 0.3 is 0 Å². The first kappa shape index (κ1) is 14.0. The van der Waals surface area contributed by atoms with E-state index < -0.39 is 11.9 Å². The summed E-state index contributed by atoms with van der Waals surface area (Å²) >= 11 is 0. The maximum atomic E-state index is 12.9. The van der Waals surface area contributed by atoms with Crippen LogP contribution in [-0.4, -0.2) is 15.7 Å². The van der Waals surface area contributed by atoms with Crippen LogP contribution < -0.4 is 11.1 Å². The zero-order chi connectivity index (χ0) is 14.7. The Balaban J connectivity index is 2.31. The molecule has 5 nitrogen and oxygen atoms in total. The zero-order valence-electron chi connectivity index (χ0n) is 11.4. The number of carbonyl (C=O) groups is 1. The van der Waals surface area contributed by atoms with Crippen LogP contribution in [0.1, 0.15) is 24.2 Å². The Morgan fingerprint density at radius 2 is 2.10 bits per heavy atom. The van der Waals surface area contributed by atoms with Crippen molar-refractivity contribution in [2.24, 2.45) is 12.8 Å². The lowest BCUT2D eigenvalue weighted by Gasteiger charge is -2.16. The maximum absolute atomic E-state index is 12.9. The Hall–Kier alpha value is -2.37. The van der Waals surface area contributed by atoms with Gasteiger partial charge in [0.05, 0.1) is 5.69 Å². The molecule has 2 aromatic rings. The number of carbonyl (C=O) groups excluding carboxylic acids is 1. The Morgan fingerprint density at radius 3 is 2.65 bits per heavy atom. The molecule has 1 atom stereocenters. The summed E-state index contributed by atoms with van der Waals surface area (Å²) in [6.45, 7) is 1.96. The van der Waals surface area contributed by atoms with Crippen molar-refractivity contribution in [1.82, 2.24) is 9.78 Å². The largest absolute Gasteiger partial charge is 0.370 e. The highest BCUT2D eigenvalue weighted by atomic mass is 19.1. The number of hydrogen-bond acceptors (Lipinski definition) is 3. The molecule has 0 saturated heterocycles. The number of halogens is 1. The molecular formula is C14H17FN4O. The standard InChI is InChI=1S/C14H17FN4O/c1-3-12-11(8-19(2)18-12)13(14(16)20)17-10-6-4-9(15)5-7-10/h4-8,13,17H,3H2,1-2H3,(H2,16,20). The second kappa shape index (κ2) is 5.73. The topological polar surface area (TPSA) is 72.9 Å². The van der Waals surface area contributed by atoms with E-state index in [1.54, 1.807) is 30.1 Å². The smallest absolute Gasteiger partial charge is 0.244 e. The third-order valence-corrected chi connectivity index (χ3v) is 3.02. The zero-order valence-corrected chi connectivity index (χ0v) is 11.4. The molecule has 1 unspecified atom stereocenters. The predicted octanol–water partition coefficient (Wildman–Crippen LogP) is 1.76. The van der Waals surface area contributed by atoms with E-state index in [0.29, 0.717) is 12.1 Å². The summed E-state index contributed by atoms with van der Waals surface area (Å²) in [4.78, 5) is 11.7. The lowest BCUT2D eigenvalue weighted by molar-refractivity contribution is -0.118. The number of rotatable bonds is 5. The van der Waals surface area contributed by atoms with E-state index in [-0.39, 0.29) is 5.82 Å². The summed E-state index contributed by atoms with van der Waals surface area (Å²) in [5.74, 6) is -0.834. The number of anilines is 1. The average molecular weight is 276 g/mol. The number of amides is 1. The van der Waals surface area contributed by atoms with Crippen LogP contribution in [0, 0.1) is 5.82 Å². The lowest BCUT2D eigenvalue weighted by Crippen LogP contribution is -2.28. The van der Waals surface area contributed by atoms with Crippen molar-refractivity contribution < 1.29 is 9.18 Å². The molecule has 1 amide bonds. The van der Waals surface area contributed by atoms with Crippen molar-refractivity contribution in [2.45, 2.75) is 19.4 Å². The van der Waals surface area contributed by atoms with Gasteiger partial charge in [-0.3, -0.25) is 9.48 Å². The minimum absolute atomic E-state index is 0.332. The van der Waals surface area contributed by atoms with Gasteiger partial charge in [0, 0.05) is 24.5 Å². The highest BCUT2D eigenvalue weighted by molar-refractivity contribution is 5.84. The SMILES string of the molecule is CCc1nn(C)cc1C(Nc1ccc(F)cc1)C(N)=O. The molecule has 0 spiro atoms. The number of nitrogens with one attached hydrogen (secondary N) is 1. The molecule has 6 heteroatoms. The van der Waals surface area contributed by atoms with E-state index >= 15 is 0 Å². The fourth-order valence-corrected chi connectivity index (χ4v) is 2.08. The van der Waals surface area contributed by atoms with Gasteiger partial charge < -0.3 is 11.1 Å².